The van der Waals surface area contributed by atoms with E-state index in [1.54, 1.807) is 12.1 Å². The zero-order valence-electron chi connectivity index (χ0n) is 12.9. The molecule has 0 spiro atoms. The Hall–Kier alpha value is -2.34. The zero-order valence-corrected chi connectivity index (χ0v) is 13.8. The maximum Gasteiger partial charge on any atom is 0.312 e. The van der Waals surface area contributed by atoms with E-state index in [1.165, 1.54) is 23.9 Å². The Labute approximate surface area is 138 Å². The molecule has 0 saturated carbocycles. The summed E-state index contributed by atoms with van der Waals surface area (Å²) in [7, 11) is 0. The first kappa shape index (κ1) is 17.0. The summed E-state index contributed by atoms with van der Waals surface area (Å²) in [5, 5.41) is 10.6. The number of carbonyl (C=O) groups excluding carboxylic acids is 1. The van der Waals surface area contributed by atoms with Crippen LogP contribution >= 0.6 is 11.8 Å². The van der Waals surface area contributed by atoms with Crippen molar-refractivity contribution in [3.63, 3.8) is 0 Å². The molecule has 2 aromatic carbocycles. The lowest BCUT2D eigenvalue weighted by Crippen LogP contribution is -2.09. The van der Waals surface area contributed by atoms with Crippen LogP contribution in [0.5, 0.6) is 5.75 Å². The summed E-state index contributed by atoms with van der Waals surface area (Å²) >= 11 is 1.46. The third kappa shape index (κ3) is 5.41. The average molecular weight is 331 g/mol. The van der Waals surface area contributed by atoms with Gasteiger partial charge in [-0.15, -0.1) is 11.8 Å². The SMILES string of the molecule is Cc1cc(C)cc(OC(=O)CCSc2ccc([N+](=O)[O-])cc2)c1. The average Bonchev–Trinajstić information content (AvgIpc) is 2.46. The van der Waals surface area contributed by atoms with Gasteiger partial charge in [-0.1, -0.05) is 6.07 Å². The highest BCUT2D eigenvalue weighted by Crippen LogP contribution is 2.22. The Morgan fingerprint density at radius 1 is 1.13 bits per heavy atom. The Balaban J connectivity index is 1.81. The second kappa shape index (κ2) is 7.78. The number of ether oxygens (including phenoxy) is 1. The monoisotopic (exact) mass is 331 g/mol. The molecule has 0 aliphatic heterocycles. The predicted octanol–water partition coefficient (Wildman–Crippen LogP) is 4.30. The first-order chi connectivity index (χ1) is 10.9. The van der Waals surface area contributed by atoms with Gasteiger partial charge in [0.25, 0.3) is 5.69 Å². The smallest absolute Gasteiger partial charge is 0.312 e. The number of nitrogens with zero attached hydrogens (tertiary/aromatic N) is 1. The number of aryl methyl sites for hydroxylation is 2. The van der Waals surface area contributed by atoms with Crippen LogP contribution in [0.3, 0.4) is 0 Å². The van der Waals surface area contributed by atoms with Crippen molar-refractivity contribution in [1.29, 1.82) is 0 Å². The number of nitro groups is 1. The number of carbonyl (C=O) groups is 1. The van der Waals surface area contributed by atoms with Crippen molar-refractivity contribution in [2.45, 2.75) is 25.2 Å². The Morgan fingerprint density at radius 3 is 2.30 bits per heavy atom. The molecule has 0 aliphatic rings. The summed E-state index contributed by atoms with van der Waals surface area (Å²) in [6.07, 6.45) is 0.272. The lowest BCUT2D eigenvalue weighted by atomic mass is 10.1. The minimum Gasteiger partial charge on any atom is -0.426 e. The van der Waals surface area contributed by atoms with Gasteiger partial charge in [-0.3, -0.25) is 14.9 Å². The molecule has 2 rings (SSSR count). The molecule has 6 heteroatoms. The van der Waals surface area contributed by atoms with Crippen LogP contribution in [0.1, 0.15) is 17.5 Å². The van der Waals surface area contributed by atoms with Crippen molar-refractivity contribution in [2.24, 2.45) is 0 Å². The van der Waals surface area contributed by atoms with Crippen LogP contribution in [-0.2, 0) is 4.79 Å². The van der Waals surface area contributed by atoms with Gasteiger partial charge in [-0.25, -0.2) is 0 Å². The molecule has 0 atom stereocenters. The van der Waals surface area contributed by atoms with Gasteiger partial charge in [0.2, 0.25) is 0 Å². The minimum absolute atomic E-state index is 0.0589. The third-order valence-corrected chi connectivity index (χ3v) is 4.06. The van der Waals surface area contributed by atoms with Crippen LogP contribution in [0.4, 0.5) is 5.69 Å². The van der Waals surface area contributed by atoms with E-state index in [9.17, 15) is 14.9 Å². The number of rotatable bonds is 6. The van der Waals surface area contributed by atoms with E-state index in [4.69, 9.17) is 4.74 Å². The van der Waals surface area contributed by atoms with Crippen molar-refractivity contribution < 1.29 is 14.5 Å². The number of esters is 1. The van der Waals surface area contributed by atoms with Gasteiger partial charge < -0.3 is 4.74 Å². The zero-order chi connectivity index (χ0) is 16.8. The van der Waals surface area contributed by atoms with Crippen LogP contribution in [0.2, 0.25) is 0 Å². The normalized spacial score (nSPS) is 10.3. The quantitative estimate of drug-likeness (QED) is 0.259. The third-order valence-electron chi connectivity index (χ3n) is 3.05. The standard InChI is InChI=1S/C17H17NO4S/c1-12-9-13(2)11-15(10-12)22-17(19)7-8-23-16-5-3-14(4-6-16)18(20)21/h3-6,9-11H,7-8H2,1-2H3. The molecule has 0 unspecified atom stereocenters. The summed E-state index contributed by atoms with van der Waals surface area (Å²) < 4.78 is 5.32. The number of benzene rings is 2. The fourth-order valence-electron chi connectivity index (χ4n) is 2.09. The van der Waals surface area contributed by atoms with Gasteiger partial charge in [0.15, 0.2) is 0 Å². The number of hydrogen-bond donors (Lipinski definition) is 0. The molecule has 0 N–H and O–H groups in total. The second-order valence-corrected chi connectivity index (χ2v) is 6.32. The Morgan fingerprint density at radius 2 is 1.74 bits per heavy atom. The fraction of sp³-hybridized carbons (Fsp3) is 0.235. The van der Waals surface area contributed by atoms with Gasteiger partial charge in [0.1, 0.15) is 5.75 Å². The van der Waals surface area contributed by atoms with Crippen LogP contribution in [0, 0.1) is 24.0 Å². The summed E-state index contributed by atoms with van der Waals surface area (Å²) in [6.45, 7) is 3.91. The van der Waals surface area contributed by atoms with Gasteiger partial charge in [-0.05, 0) is 49.2 Å². The maximum absolute atomic E-state index is 11.8. The van der Waals surface area contributed by atoms with Crippen molar-refractivity contribution in [3.05, 3.63) is 63.7 Å². The fourth-order valence-corrected chi connectivity index (χ4v) is 2.92. The van der Waals surface area contributed by atoms with Gasteiger partial charge in [0, 0.05) is 22.8 Å². The number of hydrogen-bond acceptors (Lipinski definition) is 5. The highest BCUT2D eigenvalue weighted by atomic mass is 32.2. The summed E-state index contributed by atoms with van der Waals surface area (Å²) in [5.74, 6) is 0.832. The maximum atomic E-state index is 11.8. The van der Waals surface area contributed by atoms with E-state index < -0.39 is 4.92 Å². The molecule has 5 nitrogen and oxygen atoms in total. The molecule has 120 valence electrons. The first-order valence-corrected chi connectivity index (χ1v) is 8.09. The van der Waals surface area contributed by atoms with Gasteiger partial charge >= 0.3 is 5.97 Å². The lowest BCUT2D eigenvalue weighted by molar-refractivity contribution is -0.384. The molecule has 0 fully saturated rings. The molecular formula is C17H17NO4S. The minimum atomic E-state index is -0.435. The van der Waals surface area contributed by atoms with E-state index in [1.807, 2.05) is 32.0 Å². The molecule has 2 aromatic rings. The van der Waals surface area contributed by atoms with Crippen LogP contribution in [0.25, 0.3) is 0 Å². The van der Waals surface area contributed by atoms with Crippen molar-refractivity contribution in [2.75, 3.05) is 5.75 Å². The number of thioether (sulfide) groups is 1. The Bertz CT molecular complexity index is 693. The first-order valence-electron chi connectivity index (χ1n) is 7.10. The number of non-ortho nitro benzene ring substituents is 1. The van der Waals surface area contributed by atoms with Gasteiger partial charge in [0.05, 0.1) is 11.3 Å². The molecule has 0 radical (unpaired) electrons. The van der Waals surface area contributed by atoms with Crippen LogP contribution in [0.15, 0.2) is 47.4 Å². The van der Waals surface area contributed by atoms with Crippen molar-refractivity contribution in [3.8, 4) is 5.75 Å². The molecule has 23 heavy (non-hydrogen) atoms. The number of nitro benzene ring substituents is 1. The van der Waals surface area contributed by atoms with Crippen molar-refractivity contribution >= 4 is 23.4 Å². The molecule has 0 saturated heterocycles. The summed E-state index contributed by atoms with van der Waals surface area (Å²) in [5.41, 5.74) is 2.16. The predicted molar refractivity (Wildman–Crippen MR) is 90.0 cm³/mol. The summed E-state index contributed by atoms with van der Waals surface area (Å²) in [6, 6.07) is 11.9. The topological polar surface area (TPSA) is 69.4 Å². The van der Waals surface area contributed by atoms with E-state index in [-0.39, 0.29) is 18.1 Å². The van der Waals surface area contributed by atoms with Crippen LogP contribution in [-0.4, -0.2) is 16.6 Å². The van der Waals surface area contributed by atoms with E-state index in [0.29, 0.717) is 11.5 Å². The highest BCUT2D eigenvalue weighted by molar-refractivity contribution is 7.99. The molecule has 0 aromatic heterocycles. The second-order valence-electron chi connectivity index (χ2n) is 5.15. The molecule has 0 amide bonds. The van der Waals surface area contributed by atoms with Crippen molar-refractivity contribution in [1.82, 2.24) is 0 Å². The molecule has 0 bridgehead atoms. The van der Waals surface area contributed by atoms with E-state index in [2.05, 4.69) is 0 Å². The summed E-state index contributed by atoms with van der Waals surface area (Å²) in [4.78, 5) is 22.9. The molecule has 0 heterocycles. The largest absolute Gasteiger partial charge is 0.426 e. The van der Waals surface area contributed by atoms with E-state index in [0.717, 1.165) is 16.0 Å². The van der Waals surface area contributed by atoms with Crippen LogP contribution < -0.4 is 4.74 Å². The lowest BCUT2D eigenvalue weighted by Gasteiger charge is -2.06. The highest BCUT2D eigenvalue weighted by Gasteiger charge is 2.08. The van der Waals surface area contributed by atoms with E-state index >= 15 is 0 Å². The van der Waals surface area contributed by atoms with Gasteiger partial charge in [-0.2, -0.15) is 0 Å². The Kier molecular flexibility index (Phi) is 5.76. The molecular weight excluding hydrogens is 314 g/mol. The molecule has 0 aliphatic carbocycles.